The summed E-state index contributed by atoms with van der Waals surface area (Å²) < 4.78 is 5.68. The fourth-order valence-corrected chi connectivity index (χ4v) is 1.20. The lowest BCUT2D eigenvalue weighted by Gasteiger charge is -2.13. The van der Waals surface area contributed by atoms with Crippen molar-refractivity contribution in [2.24, 2.45) is 0 Å². The number of hydrogen-bond donors (Lipinski definition) is 0. The average Bonchev–Trinajstić information content (AvgIpc) is 2.10. The van der Waals surface area contributed by atoms with Crippen molar-refractivity contribution < 1.29 is 4.74 Å². The molecule has 0 aliphatic carbocycles. The minimum Gasteiger partial charge on any atom is -0.378 e. The predicted molar refractivity (Wildman–Crippen MR) is 54.4 cm³/mol. The molecule has 0 fully saturated rings. The van der Waals surface area contributed by atoms with Crippen molar-refractivity contribution >= 4 is 0 Å². The fraction of sp³-hybridized carbons (Fsp3) is 0.818. The molecule has 0 aromatic carbocycles. The SMILES string of the molecule is CC=CCCOC(CC)CCC. The summed E-state index contributed by atoms with van der Waals surface area (Å²) in [7, 11) is 0. The molecule has 0 radical (unpaired) electrons. The Kier molecular flexibility index (Phi) is 8.57. The van der Waals surface area contributed by atoms with Crippen LogP contribution in [0, 0.1) is 0 Å². The van der Waals surface area contributed by atoms with Gasteiger partial charge in [0.2, 0.25) is 0 Å². The third-order valence-electron chi connectivity index (χ3n) is 1.94. The van der Waals surface area contributed by atoms with Crippen LogP contribution in [0.25, 0.3) is 0 Å². The van der Waals surface area contributed by atoms with Crippen LogP contribution in [0.5, 0.6) is 0 Å². The zero-order chi connectivity index (χ0) is 9.23. The summed E-state index contributed by atoms with van der Waals surface area (Å²) in [5, 5.41) is 0. The minimum absolute atomic E-state index is 0.486. The van der Waals surface area contributed by atoms with E-state index in [0.717, 1.165) is 19.4 Å². The van der Waals surface area contributed by atoms with E-state index in [2.05, 4.69) is 26.0 Å². The Bertz CT molecular complexity index is 108. The molecule has 0 aromatic heterocycles. The molecule has 0 N–H and O–H groups in total. The highest BCUT2D eigenvalue weighted by atomic mass is 16.5. The maximum atomic E-state index is 5.68. The third-order valence-corrected chi connectivity index (χ3v) is 1.94. The first-order chi connectivity index (χ1) is 5.85. The maximum Gasteiger partial charge on any atom is 0.0572 e. The third kappa shape index (κ3) is 6.41. The molecule has 0 spiro atoms. The first-order valence-corrected chi connectivity index (χ1v) is 5.07. The van der Waals surface area contributed by atoms with Crippen LogP contribution in [-0.4, -0.2) is 12.7 Å². The standard InChI is InChI=1S/C11H22O/c1-4-7-8-10-12-11(6-3)9-5-2/h4,7,11H,5-6,8-10H2,1-3H3. The molecule has 1 atom stereocenters. The molecule has 0 amide bonds. The molecule has 0 rings (SSSR count). The molecule has 12 heavy (non-hydrogen) atoms. The van der Waals surface area contributed by atoms with Gasteiger partial charge in [0.1, 0.15) is 0 Å². The van der Waals surface area contributed by atoms with Gasteiger partial charge in [0.25, 0.3) is 0 Å². The number of rotatable bonds is 7. The Morgan fingerprint density at radius 1 is 1.33 bits per heavy atom. The normalized spacial score (nSPS) is 13.9. The van der Waals surface area contributed by atoms with E-state index in [1.807, 2.05) is 6.92 Å². The van der Waals surface area contributed by atoms with E-state index in [1.54, 1.807) is 0 Å². The van der Waals surface area contributed by atoms with E-state index >= 15 is 0 Å². The lowest BCUT2D eigenvalue weighted by atomic mass is 10.1. The van der Waals surface area contributed by atoms with Gasteiger partial charge >= 0.3 is 0 Å². The Morgan fingerprint density at radius 3 is 2.58 bits per heavy atom. The maximum absolute atomic E-state index is 5.68. The van der Waals surface area contributed by atoms with Crippen LogP contribution in [0.1, 0.15) is 46.5 Å². The van der Waals surface area contributed by atoms with Gasteiger partial charge < -0.3 is 4.74 Å². The number of hydrogen-bond acceptors (Lipinski definition) is 1. The summed E-state index contributed by atoms with van der Waals surface area (Å²) in [6.45, 7) is 7.32. The van der Waals surface area contributed by atoms with Crippen molar-refractivity contribution in [3.8, 4) is 0 Å². The van der Waals surface area contributed by atoms with Crippen LogP contribution in [-0.2, 0) is 4.74 Å². The fourth-order valence-electron chi connectivity index (χ4n) is 1.20. The molecule has 1 nitrogen and oxygen atoms in total. The second-order valence-corrected chi connectivity index (χ2v) is 3.05. The molecular weight excluding hydrogens is 148 g/mol. The largest absolute Gasteiger partial charge is 0.378 e. The Labute approximate surface area is 76.8 Å². The van der Waals surface area contributed by atoms with Crippen molar-refractivity contribution in [3.05, 3.63) is 12.2 Å². The second-order valence-electron chi connectivity index (χ2n) is 3.05. The lowest BCUT2D eigenvalue weighted by molar-refractivity contribution is 0.0475. The predicted octanol–water partition coefficient (Wildman–Crippen LogP) is 3.55. The molecule has 0 saturated heterocycles. The lowest BCUT2D eigenvalue weighted by Crippen LogP contribution is -2.11. The molecule has 1 unspecified atom stereocenters. The van der Waals surface area contributed by atoms with Gasteiger partial charge in [0.05, 0.1) is 12.7 Å². The van der Waals surface area contributed by atoms with E-state index in [1.165, 1.54) is 12.8 Å². The molecule has 0 heterocycles. The summed E-state index contributed by atoms with van der Waals surface area (Å²) in [6, 6.07) is 0. The molecular formula is C11H22O. The van der Waals surface area contributed by atoms with Crippen molar-refractivity contribution in [3.63, 3.8) is 0 Å². The number of ether oxygens (including phenoxy) is 1. The van der Waals surface area contributed by atoms with Gasteiger partial charge in [0, 0.05) is 0 Å². The van der Waals surface area contributed by atoms with Crippen LogP contribution < -0.4 is 0 Å². The van der Waals surface area contributed by atoms with Crippen LogP contribution >= 0.6 is 0 Å². The minimum atomic E-state index is 0.486. The molecule has 0 bridgehead atoms. The topological polar surface area (TPSA) is 9.23 Å². The summed E-state index contributed by atoms with van der Waals surface area (Å²) >= 11 is 0. The summed E-state index contributed by atoms with van der Waals surface area (Å²) in [6.07, 6.45) is 9.33. The van der Waals surface area contributed by atoms with E-state index < -0.39 is 0 Å². The van der Waals surface area contributed by atoms with Crippen LogP contribution in [0.3, 0.4) is 0 Å². The zero-order valence-corrected chi connectivity index (χ0v) is 8.68. The van der Waals surface area contributed by atoms with Crippen LogP contribution in [0.15, 0.2) is 12.2 Å². The van der Waals surface area contributed by atoms with Gasteiger partial charge in [-0.2, -0.15) is 0 Å². The van der Waals surface area contributed by atoms with E-state index in [0.29, 0.717) is 6.10 Å². The molecule has 0 saturated carbocycles. The van der Waals surface area contributed by atoms with Gasteiger partial charge in [-0.25, -0.2) is 0 Å². The summed E-state index contributed by atoms with van der Waals surface area (Å²) in [5.74, 6) is 0. The smallest absolute Gasteiger partial charge is 0.0572 e. The molecule has 1 heteroatoms. The monoisotopic (exact) mass is 170 g/mol. The van der Waals surface area contributed by atoms with Gasteiger partial charge in [-0.3, -0.25) is 0 Å². The summed E-state index contributed by atoms with van der Waals surface area (Å²) in [4.78, 5) is 0. The average molecular weight is 170 g/mol. The zero-order valence-electron chi connectivity index (χ0n) is 8.68. The van der Waals surface area contributed by atoms with Gasteiger partial charge in [-0.1, -0.05) is 32.4 Å². The molecule has 0 aliphatic rings. The molecule has 0 aliphatic heterocycles. The van der Waals surface area contributed by atoms with Gasteiger partial charge in [-0.15, -0.1) is 0 Å². The van der Waals surface area contributed by atoms with Crippen molar-refractivity contribution in [1.82, 2.24) is 0 Å². The Hall–Kier alpha value is -0.300. The highest BCUT2D eigenvalue weighted by Gasteiger charge is 2.02. The highest BCUT2D eigenvalue weighted by Crippen LogP contribution is 2.06. The van der Waals surface area contributed by atoms with Gasteiger partial charge in [0.15, 0.2) is 0 Å². The summed E-state index contributed by atoms with van der Waals surface area (Å²) in [5.41, 5.74) is 0. The van der Waals surface area contributed by atoms with Crippen molar-refractivity contribution in [2.75, 3.05) is 6.61 Å². The Balaban J connectivity index is 3.31. The van der Waals surface area contributed by atoms with E-state index in [4.69, 9.17) is 4.74 Å². The van der Waals surface area contributed by atoms with Crippen LogP contribution in [0.4, 0.5) is 0 Å². The highest BCUT2D eigenvalue weighted by molar-refractivity contribution is 4.76. The first-order valence-electron chi connectivity index (χ1n) is 5.07. The second kappa shape index (κ2) is 8.79. The van der Waals surface area contributed by atoms with E-state index in [9.17, 15) is 0 Å². The van der Waals surface area contributed by atoms with Gasteiger partial charge in [-0.05, 0) is 26.2 Å². The quantitative estimate of drug-likeness (QED) is 0.419. The first kappa shape index (κ1) is 11.7. The van der Waals surface area contributed by atoms with Crippen molar-refractivity contribution in [2.45, 2.75) is 52.6 Å². The van der Waals surface area contributed by atoms with Crippen LogP contribution in [0.2, 0.25) is 0 Å². The molecule has 72 valence electrons. The van der Waals surface area contributed by atoms with Crippen molar-refractivity contribution in [1.29, 1.82) is 0 Å². The molecule has 0 aromatic rings. The van der Waals surface area contributed by atoms with E-state index in [-0.39, 0.29) is 0 Å². The number of allylic oxidation sites excluding steroid dienone is 1. The Morgan fingerprint density at radius 2 is 2.08 bits per heavy atom.